The zero-order valence-electron chi connectivity index (χ0n) is 40.1. The summed E-state index contributed by atoms with van der Waals surface area (Å²) in [6.07, 6.45) is 5.97. The molecule has 1 N–H and O–H groups in total. The number of para-hydroxylation sites is 3. The Bertz CT molecular complexity index is 3710. The molecule has 4 heterocycles. The molecule has 0 radical (unpaired) electrons. The number of nitrogens with one attached hydrogen (secondary N) is 1. The van der Waals surface area contributed by atoms with Gasteiger partial charge in [-0.15, -0.1) is 11.3 Å². The van der Waals surface area contributed by atoms with Crippen molar-refractivity contribution in [1.82, 2.24) is 4.98 Å². The first-order valence-electron chi connectivity index (χ1n) is 24.9. The second kappa shape index (κ2) is 14.0. The van der Waals surface area contributed by atoms with E-state index in [0.717, 1.165) is 30.8 Å². The van der Waals surface area contributed by atoms with Gasteiger partial charge in [-0.1, -0.05) is 126 Å². The molecule has 0 amide bonds. The number of hydrogen-bond donors (Lipinski definition) is 1. The molecule has 68 heavy (non-hydrogen) atoms. The lowest BCUT2D eigenvalue weighted by Gasteiger charge is -2.51. The van der Waals surface area contributed by atoms with Crippen molar-refractivity contribution in [1.29, 1.82) is 0 Å². The third kappa shape index (κ3) is 5.78. The van der Waals surface area contributed by atoms with Crippen LogP contribution in [0.1, 0.15) is 95.9 Å². The van der Waals surface area contributed by atoms with E-state index in [2.05, 4.69) is 214 Å². The fourth-order valence-corrected chi connectivity index (χ4v) is 14.9. The molecule has 0 fully saturated rings. The second-order valence-electron chi connectivity index (χ2n) is 22.7. The molecule has 10 aromatic rings. The summed E-state index contributed by atoms with van der Waals surface area (Å²) in [5.74, 6) is 0. The van der Waals surface area contributed by atoms with Gasteiger partial charge in [0, 0.05) is 60.4 Å². The molecule has 2 atom stereocenters. The van der Waals surface area contributed by atoms with Crippen LogP contribution >= 0.6 is 11.3 Å². The predicted octanol–water partition coefficient (Wildman–Crippen LogP) is 16.1. The van der Waals surface area contributed by atoms with Gasteiger partial charge < -0.3 is 14.8 Å². The highest BCUT2D eigenvalue weighted by Crippen LogP contribution is 2.59. The summed E-state index contributed by atoms with van der Waals surface area (Å²) in [4.78, 5) is 9.20. The summed E-state index contributed by atoms with van der Waals surface area (Å²) < 4.78 is 2.86. The van der Waals surface area contributed by atoms with Crippen molar-refractivity contribution >= 4 is 106 Å². The van der Waals surface area contributed by atoms with Crippen molar-refractivity contribution in [2.24, 2.45) is 0 Å². The number of nitrogens with zero attached hydrogens (tertiary/aromatic N) is 2. The third-order valence-electron chi connectivity index (χ3n) is 17.4. The van der Waals surface area contributed by atoms with E-state index in [1.807, 2.05) is 11.3 Å². The number of rotatable bonds is 4. The van der Waals surface area contributed by atoms with E-state index in [1.165, 1.54) is 112 Å². The Hall–Kier alpha value is -6.56. The summed E-state index contributed by atoms with van der Waals surface area (Å²) in [7, 11) is 0.855. The lowest BCUT2D eigenvalue weighted by Crippen LogP contribution is -2.44. The van der Waals surface area contributed by atoms with Gasteiger partial charge in [0.2, 0.25) is 7.28 Å². The van der Waals surface area contributed by atoms with Crippen LogP contribution in [0.3, 0.4) is 0 Å². The van der Waals surface area contributed by atoms with Crippen molar-refractivity contribution in [3.8, 4) is 11.1 Å². The Morgan fingerprint density at radius 1 is 0.529 bits per heavy atom. The molecular weight excluding hydrogens is 842 g/mol. The minimum atomic E-state index is 0.0300. The molecule has 0 spiro atoms. The molecule has 14 rings (SSSR count). The van der Waals surface area contributed by atoms with Crippen LogP contribution in [0.4, 0.5) is 34.1 Å². The zero-order valence-corrected chi connectivity index (χ0v) is 40.9. The zero-order chi connectivity index (χ0) is 45.9. The minimum Gasteiger partial charge on any atom is -0.354 e. The Labute approximate surface area is 404 Å². The molecule has 4 bridgehead atoms. The van der Waals surface area contributed by atoms with Gasteiger partial charge in [-0.2, -0.15) is 0 Å². The topological polar surface area (TPSA) is 22.3 Å². The van der Waals surface area contributed by atoms with Crippen LogP contribution in [-0.4, -0.2) is 12.3 Å². The molecule has 3 nitrogen and oxygen atoms in total. The molecule has 332 valence electrons. The van der Waals surface area contributed by atoms with Crippen LogP contribution in [0.5, 0.6) is 0 Å². The smallest absolute Gasteiger partial charge is 0.211 e. The standard InChI is InChI=1S/C63H56BN3S/c1-60(2)26-28-62(5)37-63(6)29-27-61(3,4)50-36-55-48(35-52(50)63)58-59(68-55)64-56-47(45-23-15-22-44-46-30-38-16-13-14-17-39(38)31-53(46)65-57(44)45)32-43(34-54(56)67(58)42-24-25-49(60)51(62)33-42)66(40-18-9-7-10-19-40)41-20-11-8-12-21-41/h7-25,30-36,64-65H,26-29,37H2,1-6H3. The van der Waals surface area contributed by atoms with Crippen molar-refractivity contribution < 1.29 is 0 Å². The highest BCUT2D eigenvalue weighted by molar-refractivity contribution is 7.29. The average molecular weight is 898 g/mol. The second-order valence-corrected chi connectivity index (χ2v) is 23.8. The van der Waals surface area contributed by atoms with Gasteiger partial charge in [-0.25, -0.2) is 0 Å². The van der Waals surface area contributed by atoms with Crippen molar-refractivity contribution in [3.05, 3.63) is 180 Å². The minimum absolute atomic E-state index is 0.0300. The number of thiophene rings is 1. The summed E-state index contributed by atoms with van der Waals surface area (Å²) in [5.41, 5.74) is 20.1. The number of aromatic nitrogens is 1. The molecule has 2 unspecified atom stereocenters. The van der Waals surface area contributed by atoms with E-state index < -0.39 is 0 Å². The van der Waals surface area contributed by atoms with Gasteiger partial charge >= 0.3 is 0 Å². The molecule has 2 aromatic heterocycles. The molecule has 4 aliphatic rings. The number of hydrogen-bond acceptors (Lipinski definition) is 3. The maximum Gasteiger partial charge on any atom is 0.211 e. The molecular formula is C63H56BN3S. The number of fused-ring (bicyclic) bond motifs is 8. The van der Waals surface area contributed by atoms with Crippen LogP contribution in [-0.2, 0) is 21.7 Å². The number of H-pyrrole nitrogens is 1. The fraction of sp³-hybridized carbons (Fsp3) is 0.238. The maximum absolute atomic E-state index is 4.01. The highest BCUT2D eigenvalue weighted by Gasteiger charge is 2.49. The Morgan fingerprint density at radius 3 is 1.91 bits per heavy atom. The Balaban J connectivity index is 1.11. The van der Waals surface area contributed by atoms with Crippen molar-refractivity contribution in [2.75, 3.05) is 9.80 Å². The van der Waals surface area contributed by atoms with Gasteiger partial charge in [0.05, 0.1) is 11.2 Å². The quantitative estimate of drug-likeness (QED) is 0.178. The summed E-state index contributed by atoms with van der Waals surface area (Å²) in [6, 6.07) is 60.4. The first kappa shape index (κ1) is 40.5. The lowest BCUT2D eigenvalue weighted by atomic mass is 9.53. The van der Waals surface area contributed by atoms with Gasteiger partial charge in [0.15, 0.2) is 0 Å². The fourth-order valence-electron chi connectivity index (χ4n) is 13.7. The predicted molar refractivity (Wildman–Crippen MR) is 294 cm³/mol. The largest absolute Gasteiger partial charge is 0.354 e. The SMILES string of the molecule is CC1(C)CCC2(C)CC3(C)CCC(C)(C)c4cc5sc6c(c5cc43)N(c3ccc1c2c3)c1cc(N(c2ccccc2)c2ccccc2)cc(-c2cccc3c2[nH]c2cc4ccccc4cc23)c1B6. The third-order valence-corrected chi connectivity index (χ3v) is 18.5. The summed E-state index contributed by atoms with van der Waals surface area (Å²) in [5, 5.41) is 6.44. The van der Waals surface area contributed by atoms with Gasteiger partial charge in [-0.3, -0.25) is 0 Å². The van der Waals surface area contributed by atoms with Crippen LogP contribution < -0.4 is 20.0 Å². The first-order chi connectivity index (χ1) is 32.9. The number of benzene rings is 8. The van der Waals surface area contributed by atoms with E-state index in [-0.39, 0.29) is 21.7 Å². The average Bonchev–Trinajstić information content (AvgIpc) is 3.90. The summed E-state index contributed by atoms with van der Waals surface area (Å²) in [6.45, 7) is 15.2. The van der Waals surface area contributed by atoms with Gasteiger partial charge in [0.1, 0.15) is 0 Å². The van der Waals surface area contributed by atoms with E-state index >= 15 is 0 Å². The molecule has 2 aliphatic carbocycles. The Kier molecular flexibility index (Phi) is 8.35. The Morgan fingerprint density at radius 2 is 1.19 bits per heavy atom. The first-order valence-corrected chi connectivity index (χ1v) is 25.7. The van der Waals surface area contributed by atoms with E-state index in [1.54, 1.807) is 16.7 Å². The monoisotopic (exact) mass is 897 g/mol. The summed E-state index contributed by atoms with van der Waals surface area (Å²) >= 11 is 2.03. The molecule has 0 saturated carbocycles. The maximum atomic E-state index is 4.01. The van der Waals surface area contributed by atoms with Gasteiger partial charge in [-0.05, 0) is 175 Å². The van der Waals surface area contributed by atoms with E-state index in [9.17, 15) is 0 Å². The van der Waals surface area contributed by atoms with E-state index in [0.29, 0.717) is 0 Å². The molecule has 8 aromatic carbocycles. The normalized spacial score (nSPS) is 20.6. The van der Waals surface area contributed by atoms with Crippen molar-refractivity contribution in [3.63, 3.8) is 0 Å². The van der Waals surface area contributed by atoms with Crippen LogP contribution in [0.25, 0.3) is 53.8 Å². The van der Waals surface area contributed by atoms with Crippen LogP contribution in [0.2, 0.25) is 0 Å². The highest BCUT2D eigenvalue weighted by atomic mass is 32.1. The van der Waals surface area contributed by atoms with E-state index in [4.69, 9.17) is 0 Å². The molecule has 5 heteroatoms. The van der Waals surface area contributed by atoms with Crippen LogP contribution in [0.15, 0.2) is 158 Å². The number of aromatic amines is 1. The van der Waals surface area contributed by atoms with Crippen molar-refractivity contribution in [2.45, 2.75) is 95.3 Å². The lowest BCUT2D eigenvalue weighted by molar-refractivity contribution is 0.208. The number of anilines is 6. The molecule has 2 aliphatic heterocycles. The van der Waals surface area contributed by atoms with Gasteiger partial charge in [0.25, 0.3) is 0 Å². The molecule has 0 saturated heterocycles. The van der Waals surface area contributed by atoms with Crippen LogP contribution in [0, 0.1) is 0 Å².